The molecule has 1 atom stereocenters. The van der Waals surface area contributed by atoms with Gasteiger partial charge in [-0.1, -0.05) is 30.3 Å². The highest BCUT2D eigenvalue weighted by Gasteiger charge is 2.21. The van der Waals surface area contributed by atoms with E-state index in [1.54, 1.807) is 24.3 Å². The van der Waals surface area contributed by atoms with Crippen molar-refractivity contribution in [3.8, 4) is 0 Å². The van der Waals surface area contributed by atoms with Gasteiger partial charge in [-0.15, -0.1) is 0 Å². The van der Waals surface area contributed by atoms with Gasteiger partial charge in [-0.25, -0.2) is 9.78 Å². The van der Waals surface area contributed by atoms with Crippen LogP contribution in [0.4, 0.5) is 11.8 Å². The molecule has 0 radical (unpaired) electrons. The third-order valence-corrected chi connectivity index (χ3v) is 2.96. The van der Waals surface area contributed by atoms with Gasteiger partial charge in [0.05, 0.1) is 6.33 Å². The number of anilines is 2. The zero-order valence-electron chi connectivity index (χ0n) is 10.8. The van der Waals surface area contributed by atoms with Gasteiger partial charge in [0, 0.05) is 0 Å². The second kappa shape index (κ2) is 5.08. The van der Waals surface area contributed by atoms with Crippen LogP contribution in [-0.2, 0) is 4.79 Å². The van der Waals surface area contributed by atoms with E-state index in [9.17, 15) is 9.90 Å². The molecule has 0 saturated carbocycles. The molecule has 3 aromatic rings. The molecule has 0 amide bonds. The van der Waals surface area contributed by atoms with Crippen LogP contribution in [0, 0.1) is 0 Å². The molecule has 2 heterocycles. The van der Waals surface area contributed by atoms with Gasteiger partial charge >= 0.3 is 5.97 Å². The Balaban J connectivity index is 2.02. The Bertz CT molecular complexity index is 786. The Morgan fingerprint density at radius 3 is 2.76 bits per heavy atom. The zero-order chi connectivity index (χ0) is 14.8. The van der Waals surface area contributed by atoms with Crippen LogP contribution in [0.15, 0.2) is 36.7 Å². The van der Waals surface area contributed by atoms with Gasteiger partial charge in [0.2, 0.25) is 5.95 Å². The predicted molar refractivity (Wildman–Crippen MR) is 76.5 cm³/mol. The molecule has 0 saturated heterocycles. The van der Waals surface area contributed by atoms with Crippen molar-refractivity contribution in [3.05, 3.63) is 42.2 Å². The number of hydrogen-bond donors (Lipinski definition) is 4. The molecular formula is C13H12N6O2. The lowest BCUT2D eigenvalue weighted by Crippen LogP contribution is -2.21. The Labute approximate surface area is 119 Å². The molecule has 0 aliphatic rings. The molecule has 1 aromatic carbocycles. The van der Waals surface area contributed by atoms with Crippen molar-refractivity contribution in [2.45, 2.75) is 6.04 Å². The fraction of sp³-hybridized carbons (Fsp3) is 0.0769. The Kier molecular flexibility index (Phi) is 3.11. The number of hydrogen-bond acceptors (Lipinski definition) is 6. The summed E-state index contributed by atoms with van der Waals surface area (Å²) in [4.78, 5) is 26.4. The van der Waals surface area contributed by atoms with Crippen molar-refractivity contribution >= 4 is 28.9 Å². The van der Waals surface area contributed by atoms with Crippen LogP contribution in [0.3, 0.4) is 0 Å². The van der Waals surface area contributed by atoms with Crippen molar-refractivity contribution in [3.63, 3.8) is 0 Å². The van der Waals surface area contributed by atoms with Crippen molar-refractivity contribution in [2.24, 2.45) is 0 Å². The summed E-state index contributed by atoms with van der Waals surface area (Å²) in [7, 11) is 0. The second-order valence-corrected chi connectivity index (χ2v) is 4.36. The maximum atomic E-state index is 11.5. The number of nitrogens with one attached hydrogen (secondary N) is 2. The molecule has 0 bridgehead atoms. The lowest BCUT2D eigenvalue weighted by atomic mass is 10.1. The number of benzene rings is 1. The van der Waals surface area contributed by atoms with E-state index in [4.69, 9.17) is 5.73 Å². The average Bonchev–Trinajstić information content (AvgIpc) is 2.93. The Hall–Kier alpha value is -3.16. The lowest BCUT2D eigenvalue weighted by Gasteiger charge is -2.15. The summed E-state index contributed by atoms with van der Waals surface area (Å²) >= 11 is 0. The molecule has 5 N–H and O–H groups in total. The van der Waals surface area contributed by atoms with Gasteiger partial charge in [0.15, 0.2) is 17.5 Å². The monoisotopic (exact) mass is 284 g/mol. The SMILES string of the molecule is Nc1nc(N[C@@H](C(=O)O)c2ccccc2)c2[nH]cnc2n1. The predicted octanol–water partition coefficient (Wildman–Crippen LogP) is 1.17. The van der Waals surface area contributed by atoms with E-state index in [0.29, 0.717) is 22.5 Å². The van der Waals surface area contributed by atoms with E-state index in [-0.39, 0.29) is 5.95 Å². The summed E-state index contributed by atoms with van der Waals surface area (Å²) in [5, 5.41) is 12.3. The number of aromatic amines is 1. The summed E-state index contributed by atoms with van der Waals surface area (Å²) in [5.74, 6) is -0.702. The molecule has 0 fully saturated rings. The topological polar surface area (TPSA) is 130 Å². The quantitative estimate of drug-likeness (QED) is 0.565. The smallest absolute Gasteiger partial charge is 0.330 e. The highest BCUT2D eigenvalue weighted by Crippen LogP contribution is 2.23. The van der Waals surface area contributed by atoms with Crippen molar-refractivity contribution in [1.82, 2.24) is 19.9 Å². The van der Waals surface area contributed by atoms with E-state index in [2.05, 4.69) is 25.3 Å². The number of carboxylic acids is 1. The highest BCUT2D eigenvalue weighted by atomic mass is 16.4. The fourth-order valence-electron chi connectivity index (χ4n) is 2.02. The fourth-order valence-corrected chi connectivity index (χ4v) is 2.02. The number of H-pyrrole nitrogens is 1. The summed E-state index contributed by atoms with van der Waals surface area (Å²) in [5.41, 5.74) is 7.10. The van der Waals surface area contributed by atoms with Gasteiger partial charge < -0.3 is 21.1 Å². The Morgan fingerprint density at radius 2 is 2.05 bits per heavy atom. The summed E-state index contributed by atoms with van der Waals surface area (Å²) in [6, 6.07) is 7.85. The molecule has 3 rings (SSSR count). The van der Waals surface area contributed by atoms with Crippen LogP contribution in [0.2, 0.25) is 0 Å². The van der Waals surface area contributed by atoms with Gasteiger partial charge in [-0.2, -0.15) is 9.97 Å². The van der Waals surface area contributed by atoms with Crippen LogP contribution < -0.4 is 11.1 Å². The number of nitrogens with two attached hydrogens (primary N) is 1. The Morgan fingerprint density at radius 1 is 1.29 bits per heavy atom. The normalized spacial score (nSPS) is 12.2. The number of aromatic nitrogens is 4. The molecule has 8 nitrogen and oxygen atoms in total. The molecule has 0 unspecified atom stereocenters. The molecule has 2 aromatic heterocycles. The third-order valence-electron chi connectivity index (χ3n) is 2.96. The summed E-state index contributed by atoms with van der Waals surface area (Å²) in [6.07, 6.45) is 1.45. The summed E-state index contributed by atoms with van der Waals surface area (Å²) in [6.45, 7) is 0. The standard InChI is InChI=1S/C13H12N6O2/c14-13-18-10-9(15-6-16-10)11(19-13)17-8(12(20)21)7-4-2-1-3-5-7/h1-6,8H,(H,20,21)(H4,14,15,16,17,18,19)/t8-/m1/s1. The number of fused-ring (bicyclic) bond motifs is 1. The number of imidazole rings is 1. The minimum atomic E-state index is -1.02. The maximum absolute atomic E-state index is 11.5. The largest absolute Gasteiger partial charge is 0.479 e. The minimum Gasteiger partial charge on any atom is -0.479 e. The first-order valence-electron chi connectivity index (χ1n) is 6.16. The van der Waals surface area contributed by atoms with Crippen molar-refractivity contribution < 1.29 is 9.90 Å². The minimum absolute atomic E-state index is 0.0225. The number of rotatable bonds is 4. The number of carbonyl (C=O) groups is 1. The first-order valence-corrected chi connectivity index (χ1v) is 6.16. The van der Waals surface area contributed by atoms with Crippen LogP contribution >= 0.6 is 0 Å². The van der Waals surface area contributed by atoms with Crippen LogP contribution in [0.5, 0.6) is 0 Å². The van der Waals surface area contributed by atoms with E-state index in [1.165, 1.54) is 6.33 Å². The van der Waals surface area contributed by atoms with Gasteiger partial charge in [-0.05, 0) is 5.56 Å². The van der Waals surface area contributed by atoms with Crippen LogP contribution in [0.25, 0.3) is 11.2 Å². The molecule has 0 spiro atoms. The first-order chi connectivity index (χ1) is 10.1. The average molecular weight is 284 g/mol. The molecule has 106 valence electrons. The van der Waals surface area contributed by atoms with Gasteiger partial charge in [-0.3, -0.25) is 0 Å². The molecule has 8 heteroatoms. The van der Waals surface area contributed by atoms with Gasteiger partial charge in [0.1, 0.15) is 5.52 Å². The molecule has 0 aliphatic heterocycles. The van der Waals surface area contributed by atoms with E-state index in [0.717, 1.165) is 0 Å². The van der Waals surface area contributed by atoms with E-state index < -0.39 is 12.0 Å². The highest BCUT2D eigenvalue weighted by molar-refractivity contribution is 5.87. The maximum Gasteiger partial charge on any atom is 0.330 e. The van der Waals surface area contributed by atoms with E-state index >= 15 is 0 Å². The number of aliphatic carboxylic acids is 1. The number of nitrogen functional groups attached to an aromatic ring is 1. The molecule has 0 aliphatic carbocycles. The molecular weight excluding hydrogens is 272 g/mol. The van der Waals surface area contributed by atoms with E-state index in [1.807, 2.05) is 6.07 Å². The van der Waals surface area contributed by atoms with Crippen LogP contribution in [-0.4, -0.2) is 31.0 Å². The van der Waals surface area contributed by atoms with Crippen LogP contribution in [0.1, 0.15) is 11.6 Å². The van der Waals surface area contributed by atoms with Crippen molar-refractivity contribution in [2.75, 3.05) is 11.1 Å². The first kappa shape index (κ1) is 12.9. The lowest BCUT2D eigenvalue weighted by molar-refractivity contribution is -0.138. The number of nitrogens with zero attached hydrogens (tertiary/aromatic N) is 3. The van der Waals surface area contributed by atoms with Gasteiger partial charge in [0.25, 0.3) is 0 Å². The second-order valence-electron chi connectivity index (χ2n) is 4.36. The number of carboxylic acid groups (broad SMARTS) is 1. The molecule has 21 heavy (non-hydrogen) atoms. The van der Waals surface area contributed by atoms with Crippen molar-refractivity contribution in [1.29, 1.82) is 0 Å². The third kappa shape index (κ3) is 2.46. The summed E-state index contributed by atoms with van der Waals surface area (Å²) < 4.78 is 0. The zero-order valence-corrected chi connectivity index (χ0v) is 10.8.